The number of phenolic OH excluding ortho intramolecular Hbond substituents is 1. The minimum atomic E-state index is -5.23. The van der Waals surface area contributed by atoms with Gasteiger partial charge in [0.25, 0.3) is 0 Å². The van der Waals surface area contributed by atoms with Crippen LogP contribution in [0.2, 0.25) is 0 Å². The molecule has 14 heteroatoms. The van der Waals surface area contributed by atoms with Crippen LogP contribution in [-0.4, -0.2) is 28.5 Å². The third kappa shape index (κ3) is 4.52. The number of phenols is 1. The zero-order chi connectivity index (χ0) is 32.0. The first kappa shape index (κ1) is 30.0. The maximum Gasteiger partial charge on any atom is 0.416 e. The molecule has 0 aromatic heterocycles. The van der Waals surface area contributed by atoms with Crippen molar-refractivity contribution in [1.29, 1.82) is 0 Å². The molecule has 0 bridgehead atoms. The lowest BCUT2D eigenvalue weighted by atomic mass is 9.59. The Kier molecular flexibility index (Phi) is 6.80. The largest absolute Gasteiger partial charge is 0.505 e. The Hall–Kier alpha value is -4.07. The van der Waals surface area contributed by atoms with Crippen LogP contribution in [-0.2, 0) is 31.5 Å². The summed E-state index contributed by atoms with van der Waals surface area (Å²) < 4.78 is 95.8. The molecular weight excluding hydrogens is 667 g/mol. The van der Waals surface area contributed by atoms with Crippen LogP contribution in [0.15, 0.2) is 69.8 Å². The van der Waals surface area contributed by atoms with Gasteiger partial charge in [-0.25, -0.2) is 9.29 Å². The second-order valence-corrected chi connectivity index (χ2v) is 11.7. The Bertz CT molecular complexity index is 1760. The maximum absolute atomic E-state index is 14.5. The van der Waals surface area contributed by atoms with Gasteiger partial charge >= 0.3 is 12.4 Å². The van der Waals surface area contributed by atoms with Crippen molar-refractivity contribution in [3.8, 4) is 5.75 Å². The van der Waals surface area contributed by atoms with E-state index in [-0.39, 0.29) is 52.2 Å². The Morgan fingerprint density at radius 3 is 2.14 bits per heavy atom. The zero-order valence-corrected chi connectivity index (χ0v) is 23.5. The van der Waals surface area contributed by atoms with Crippen molar-refractivity contribution in [2.45, 2.75) is 31.1 Å². The molecule has 2 aromatic rings. The van der Waals surface area contributed by atoms with Crippen molar-refractivity contribution in [1.82, 2.24) is 0 Å². The van der Waals surface area contributed by atoms with E-state index in [4.69, 9.17) is 0 Å². The van der Waals surface area contributed by atoms with Gasteiger partial charge in [-0.05, 0) is 59.0 Å². The number of carbonyl (C=O) groups excluding carboxylic acids is 4. The number of alkyl halides is 6. The first-order valence-electron chi connectivity index (χ1n) is 13.0. The van der Waals surface area contributed by atoms with Gasteiger partial charge in [-0.3, -0.25) is 19.2 Å². The van der Waals surface area contributed by atoms with Crippen LogP contribution in [0.5, 0.6) is 5.75 Å². The predicted octanol–water partition coefficient (Wildman–Crippen LogP) is 6.54. The average Bonchev–Trinajstić information content (AvgIpc) is 3.20. The normalized spacial score (nSPS) is 25.5. The number of Topliss-reactive ketones (excluding diaryl/α,β-unsaturated/α-hetero) is 1. The molecule has 0 radical (unpaired) electrons. The number of nitrogens with zero attached hydrogens (tertiary/aromatic N) is 1. The monoisotopic (exact) mass is 683 g/mol. The topological polar surface area (TPSA) is 91.8 Å². The van der Waals surface area contributed by atoms with Crippen molar-refractivity contribution in [2.24, 2.45) is 17.8 Å². The number of benzene rings is 2. The molecular formula is C30H17BrF7NO5. The molecule has 2 aromatic carbocycles. The van der Waals surface area contributed by atoms with Crippen LogP contribution in [0.25, 0.3) is 0 Å². The molecule has 0 unspecified atom stereocenters. The highest BCUT2D eigenvalue weighted by molar-refractivity contribution is 9.12. The molecule has 3 aliphatic carbocycles. The SMILES string of the molecule is O=C1C=C(Br)C(=O)C2=C1[C@@H](c1cccc(F)c1O)C1=CC[C@@H]3C(=O)N(c4cc(C(F)(F)F)cc(C(F)(F)F)c4)C(=O)[C@@H]3[C@@H]1C2. The van der Waals surface area contributed by atoms with E-state index in [1.54, 1.807) is 0 Å². The highest BCUT2D eigenvalue weighted by atomic mass is 79.9. The number of anilines is 1. The molecule has 1 aliphatic heterocycles. The first-order chi connectivity index (χ1) is 20.5. The molecule has 6 nitrogen and oxygen atoms in total. The number of para-hydroxylation sites is 1. The number of aromatic hydroxyl groups is 1. The van der Waals surface area contributed by atoms with Crippen LogP contribution in [0.4, 0.5) is 36.4 Å². The quantitative estimate of drug-likeness (QED) is 0.168. The van der Waals surface area contributed by atoms with Crippen molar-refractivity contribution in [3.05, 3.63) is 92.3 Å². The van der Waals surface area contributed by atoms with Gasteiger partial charge in [-0.1, -0.05) is 23.8 Å². The van der Waals surface area contributed by atoms with Crippen molar-refractivity contribution >= 4 is 45.0 Å². The van der Waals surface area contributed by atoms with Gasteiger partial charge in [0, 0.05) is 28.7 Å². The van der Waals surface area contributed by atoms with Gasteiger partial charge in [0.05, 0.1) is 33.1 Å². The fourth-order valence-corrected chi connectivity index (χ4v) is 7.10. The number of hydrogen-bond acceptors (Lipinski definition) is 5. The summed E-state index contributed by atoms with van der Waals surface area (Å²) in [6.45, 7) is 0. The number of fused-ring (bicyclic) bond motifs is 3. The van der Waals surface area contributed by atoms with Gasteiger partial charge in [0.2, 0.25) is 11.8 Å². The minimum absolute atomic E-state index is 0.0682. The number of imide groups is 1. The van der Waals surface area contributed by atoms with E-state index in [2.05, 4.69) is 15.9 Å². The lowest BCUT2D eigenvalue weighted by Crippen LogP contribution is -2.39. The standard InChI is InChI=1S/C30H17BrF7NO5/c31-19-10-21(40)24-18(25(19)41)9-17-14(22(24)15-2-1-3-20(32)26(15)42)4-5-16-23(17)28(44)39(27(16)43)13-7-11(29(33,34)35)6-12(8-13)30(36,37)38/h1-4,6-8,10,16-17,22-23,42H,5,9H2/t16-,17+,22+,23-/m0/s1. The summed E-state index contributed by atoms with van der Waals surface area (Å²) >= 11 is 3.03. The van der Waals surface area contributed by atoms with E-state index < -0.39 is 87.8 Å². The third-order valence-electron chi connectivity index (χ3n) is 8.49. The predicted molar refractivity (Wildman–Crippen MR) is 142 cm³/mol. The first-order valence-corrected chi connectivity index (χ1v) is 13.8. The van der Waals surface area contributed by atoms with Crippen molar-refractivity contribution < 1.29 is 55.0 Å². The van der Waals surface area contributed by atoms with Crippen LogP contribution in [0.3, 0.4) is 0 Å². The fraction of sp³-hybridized carbons (Fsp3) is 0.267. The average molecular weight is 684 g/mol. The van der Waals surface area contributed by atoms with Crippen molar-refractivity contribution in [3.63, 3.8) is 0 Å². The second kappa shape index (κ2) is 9.98. The van der Waals surface area contributed by atoms with Crippen LogP contribution >= 0.6 is 15.9 Å². The molecule has 44 heavy (non-hydrogen) atoms. The van der Waals surface area contributed by atoms with Gasteiger partial charge < -0.3 is 5.11 Å². The lowest BCUT2D eigenvalue weighted by molar-refractivity contribution is -0.143. The Balaban J connectivity index is 1.49. The Labute approximate surface area is 251 Å². The van der Waals surface area contributed by atoms with Crippen molar-refractivity contribution in [2.75, 3.05) is 4.90 Å². The van der Waals surface area contributed by atoms with Crippen LogP contribution in [0.1, 0.15) is 35.4 Å². The van der Waals surface area contributed by atoms with Gasteiger partial charge in [-0.15, -0.1) is 0 Å². The summed E-state index contributed by atoms with van der Waals surface area (Å²) in [4.78, 5) is 54.2. The van der Waals surface area contributed by atoms with E-state index in [1.807, 2.05) is 0 Å². The fourth-order valence-electron chi connectivity index (χ4n) is 6.65. The van der Waals surface area contributed by atoms with E-state index in [1.165, 1.54) is 18.2 Å². The molecule has 0 saturated carbocycles. The summed E-state index contributed by atoms with van der Waals surface area (Å²) in [7, 11) is 0. The van der Waals surface area contributed by atoms with E-state index in [0.717, 1.165) is 12.1 Å². The Morgan fingerprint density at radius 2 is 1.52 bits per heavy atom. The van der Waals surface area contributed by atoms with E-state index in [0.29, 0.717) is 10.5 Å². The highest BCUT2D eigenvalue weighted by Gasteiger charge is 2.57. The molecule has 4 aliphatic rings. The number of halogens is 8. The zero-order valence-electron chi connectivity index (χ0n) is 21.9. The molecule has 6 rings (SSSR count). The maximum atomic E-state index is 14.5. The number of amides is 2. The van der Waals surface area contributed by atoms with E-state index in [9.17, 15) is 55.0 Å². The molecule has 1 heterocycles. The summed E-state index contributed by atoms with van der Waals surface area (Å²) in [6.07, 6.45) is -8.41. The number of hydrogen-bond donors (Lipinski definition) is 1. The lowest BCUT2D eigenvalue weighted by Gasteiger charge is -2.42. The molecule has 2 amide bonds. The smallest absolute Gasteiger partial charge is 0.416 e. The number of allylic oxidation sites excluding steroid dienone is 6. The second-order valence-electron chi connectivity index (χ2n) is 10.8. The number of rotatable bonds is 2. The molecule has 1 N–H and O–H groups in total. The molecule has 228 valence electrons. The summed E-state index contributed by atoms with van der Waals surface area (Å²) in [5, 5.41) is 10.6. The highest BCUT2D eigenvalue weighted by Crippen LogP contribution is 2.57. The summed E-state index contributed by atoms with van der Waals surface area (Å²) in [6, 6.07) is 4.01. The van der Waals surface area contributed by atoms with E-state index >= 15 is 0 Å². The molecule has 1 saturated heterocycles. The van der Waals surface area contributed by atoms with Crippen LogP contribution < -0.4 is 4.90 Å². The molecule has 1 fully saturated rings. The van der Waals surface area contributed by atoms with Gasteiger partial charge in [-0.2, -0.15) is 26.3 Å². The minimum Gasteiger partial charge on any atom is -0.505 e. The Morgan fingerprint density at radius 1 is 0.886 bits per heavy atom. The number of carbonyl (C=O) groups is 4. The van der Waals surface area contributed by atoms with Crippen LogP contribution in [0, 0.1) is 23.6 Å². The van der Waals surface area contributed by atoms with Gasteiger partial charge in [0.1, 0.15) is 0 Å². The summed E-state index contributed by atoms with van der Waals surface area (Å²) in [5.74, 6) is -10.0. The van der Waals surface area contributed by atoms with Gasteiger partial charge in [0.15, 0.2) is 23.1 Å². The molecule has 0 spiro atoms. The summed E-state index contributed by atoms with van der Waals surface area (Å²) in [5.41, 5.74) is -4.29. The number of ketones is 2. The molecule has 4 atom stereocenters. The third-order valence-corrected chi connectivity index (χ3v) is 9.08.